The van der Waals surface area contributed by atoms with E-state index in [1.807, 2.05) is 0 Å². The summed E-state index contributed by atoms with van der Waals surface area (Å²) < 4.78 is 5.36. The standard InChI is InChI=1S/C13H27NO3/c1-10(2)8-17-9-12(15)7-14-6-11-4-3-5-13(11)16/h10-16H,3-9H2,1-2H3. The number of nitrogens with one attached hydrogen (secondary N) is 1. The summed E-state index contributed by atoms with van der Waals surface area (Å²) in [7, 11) is 0. The Labute approximate surface area is 104 Å². The lowest BCUT2D eigenvalue weighted by molar-refractivity contribution is 0.0250. The molecule has 0 heterocycles. The molecule has 3 N–H and O–H groups in total. The fourth-order valence-electron chi connectivity index (χ4n) is 2.19. The average molecular weight is 245 g/mol. The Morgan fingerprint density at radius 1 is 1.29 bits per heavy atom. The topological polar surface area (TPSA) is 61.7 Å². The van der Waals surface area contributed by atoms with Crippen molar-refractivity contribution in [2.24, 2.45) is 11.8 Å². The molecule has 0 aromatic carbocycles. The second kappa shape index (κ2) is 8.03. The molecule has 0 aromatic heterocycles. The van der Waals surface area contributed by atoms with Gasteiger partial charge in [0.05, 0.1) is 18.8 Å². The van der Waals surface area contributed by atoms with E-state index < -0.39 is 6.10 Å². The van der Waals surface area contributed by atoms with E-state index in [9.17, 15) is 10.2 Å². The molecule has 17 heavy (non-hydrogen) atoms. The number of rotatable bonds is 8. The molecule has 1 fully saturated rings. The molecule has 1 rings (SSSR count). The fourth-order valence-corrected chi connectivity index (χ4v) is 2.19. The first kappa shape index (κ1) is 14.9. The van der Waals surface area contributed by atoms with Crippen LogP contribution in [0.2, 0.25) is 0 Å². The smallest absolute Gasteiger partial charge is 0.0897 e. The van der Waals surface area contributed by atoms with Crippen molar-refractivity contribution in [2.45, 2.75) is 45.3 Å². The molecule has 4 nitrogen and oxygen atoms in total. The highest BCUT2D eigenvalue weighted by Gasteiger charge is 2.24. The second-order valence-electron chi connectivity index (χ2n) is 5.50. The van der Waals surface area contributed by atoms with Gasteiger partial charge in [0.2, 0.25) is 0 Å². The van der Waals surface area contributed by atoms with Crippen LogP contribution < -0.4 is 5.32 Å². The van der Waals surface area contributed by atoms with Crippen molar-refractivity contribution < 1.29 is 14.9 Å². The van der Waals surface area contributed by atoms with Crippen LogP contribution in [0.4, 0.5) is 0 Å². The van der Waals surface area contributed by atoms with Gasteiger partial charge in [0.25, 0.3) is 0 Å². The Morgan fingerprint density at radius 3 is 2.65 bits per heavy atom. The quantitative estimate of drug-likeness (QED) is 0.591. The van der Waals surface area contributed by atoms with Gasteiger partial charge in [0.1, 0.15) is 0 Å². The molecule has 4 heteroatoms. The van der Waals surface area contributed by atoms with E-state index in [0.717, 1.165) is 25.8 Å². The van der Waals surface area contributed by atoms with Gasteiger partial charge >= 0.3 is 0 Å². The van der Waals surface area contributed by atoms with E-state index in [4.69, 9.17) is 4.74 Å². The van der Waals surface area contributed by atoms with E-state index in [1.54, 1.807) is 0 Å². The Kier molecular flexibility index (Phi) is 7.04. The van der Waals surface area contributed by atoms with Crippen LogP contribution in [0.3, 0.4) is 0 Å². The number of ether oxygens (including phenoxy) is 1. The molecule has 1 saturated carbocycles. The zero-order chi connectivity index (χ0) is 12.7. The maximum absolute atomic E-state index is 9.65. The molecule has 0 amide bonds. The SMILES string of the molecule is CC(C)COCC(O)CNCC1CCCC1O. The average Bonchev–Trinajstić information content (AvgIpc) is 2.64. The van der Waals surface area contributed by atoms with Crippen LogP contribution >= 0.6 is 0 Å². The van der Waals surface area contributed by atoms with Crippen LogP contribution in [0.15, 0.2) is 0 Å². The summed E-state index contributed by atoms with van der Waals surface area (Å²) in [4.78, 5) is 0. The molecule has 0 spiro atoms. The summed E-state index contributed by atoms with van der Waals surface area (Å²) in [5.41, 5.74) is 0. The molecule has 0 radical (unpaired) electrons. The minimum Gasteiger partial charge on any atom is -0.393 e. The number of hydrogen-bond acceptors (Lipinski definition) is 4. The Balaban J connectivity index is 1.98. The minimum absolute atomic E-state index is 0.156. The lowest BCUT2D eigenvalue weighted by atomic mass is 10.1. The zero-order valence-electron chi connectivity index (χ0n) is 11.1. The van der Waals surface area contributed by atoms with E-state index >= 15 is 0 Å². The van der Waals surface area contributed by atoms with Crippen molar-refractivity contribution in [1.82, 2.24) is 5.32 Å². The van der Waals surface area contributed by atoms with Crippen LogP contribution in [0.5, 0.6) is 0 Å². The lowest BCUT2D eigenvalue weighted by Gasteiger charge is -2.17. The van der Waals surface area contributed by atoms with Gasteiger partial charge in [-0.05, 0) is 24.7 Å². The van der Waals surface area contributed by atoms with Gasteiger partial charge in [0, 0.05) is 19.7 Å². The highest BCUT2D eigenvalue weighted by Crippen LogP contribution is 2.24. The third-order valence-corrected chi connectivity index (χ3v) is 3.17. The van der Waals surface area contributed by atoms with Gasteiger partial charge in [-0.1, -0.05) is 20.3 Å². The maximum atomic E-state index is 9.65. The van der Waals surface area contributed by atoms with Crippen molar-refractivity contribution in [3.05, 3.63) is 0 Å². The highest BCUT2D eigenvalue weighted by molar-refractivity contribution is 4.78. The number of aliphatic hydroxyl groups is 2. The molecule has 0 saturated heterocycles. The van der Waals surface area contributed by atoms with Gasteiger partial charge < -0.3 is 20.3 Å². The molecule has 1 aliphatic rings. The van der Waals surface area contributed by atoms with Gasteiger partial charge in [-0.25, -0.2) is 0 Å². The van der Waals surface area contributed by atoms with E-state index in [1.165, 1.54) is 0 Å². The Bertz CT molecular complexity index is 199. The summed E-state index contributed by atoms with van der Waals surface area (Å²) in [6, 6.07) is 0. The third-order valence-electron chi connectivity index (χ3n) is 3.17. The molecule has 1 aliphatic carbocycles. The van der Waals surface area contributed by atoms with Gasteiger partial charge in [-0.15, -0.1) is 0 Å². The predicted molar refractivity (Wildman–Crippen MR) is 67.9 cm³/mol. The van der Waals surface area contributed by atoms with Crippen molar-refractivity contribution in [3.63, 3.8) is 0 Å². The first-order chi connectivity index (χ1) is 8.09. The highest BCUT2D eigenvalue weighted by atomic mass is 16.5. The van der Waals surface area contributed by atoms with Crippen molar-refractivity contribution in [1.29, 1.82) is 0 Å². The van der Waals surface area contributed by atoms with Crippen LogP contribution in [-0.4, -0.2) is 48.7 Å². The van der Waals surface area contributed by atoms with Gasteiger partial charge in [-0.3, -0.25) is 0 Å². The molecule has 0 aromatic rings. The van der Waals surface area contributed by atoms with E-state index in [-0.39, 0.29) is 6.10 Å². The number of hydrogen-bond donors (Lipinski definition) is 3. The summed E-state index contributed by atoms with van der Waals surface area (Å²) in [6.07, 6.45) is 2.53. The predicted octanol–water partition coefficient (Wildman–Crippen LogP) is 0.770. The molecule has 102 valence electrons. The third kappa shape index (κ3) is 6.36. The first-order valence-electron chi connectivity index (χ1n) is 6.74. The summed E-state index contributed by atoms with van der Waals surface area (Å²) in [6.45, 7) is 6.60. The van der Waals surface area contributed by atoms with Crippen molar-refractivity contribution in [3.8, 4) is 0 Å². The van der Waals surface area contributed by atoms with Gasteiger partial charge in [-0.2, -0.15) is 0 Å². The normalized spacial score (nSPS) is 26.6. The largest absolute Gasteiger partial charge is 0.393 e. The first-order valence-corrected chi connectivity index (χ1v) is 6.74. The number of aliphatic hydroxyl groups excluding tert-OH is 2. The summed E-state index contributed by atoms with van der Waals surface area (Å²) in [5, 5.41) is 22.5. The van der Waals surface area contributed by atoms with E-state index in [0.29, 0.717) is 31.6 Å². The second-order valence-corrected chi connectivity index (χ2v) is 5.50. The molecule has 0 bridgehead atoms. The zero-order valence-corrected chi connectivity index (χ0v) is 11.1. The molecule has 3 unspecified atom stereocenters. The monoisotopic (exact) mass is 245 g/mol. The van der Waals surface area contributed by atoms with Crippen LogP contribution in [-0.2, 0) is 4.74 Å². The summed E-state index contributed by atoms with van der Waals surface area (Å²) >= 11 is 0. The van der Waals surface area contributed by atoms with Gasteiger partial charge in [0.15, 0.2) is 0 Å². The van der Waals surface area contributed by atoms with Crippen molar-refractivity contribution >= 4 is 0 Å². The molecular weight excluding hydrogens is 218 g/mol. The fraction of sp³-hybridized carbons (Fsp3) is 1.00. The Morgan fingerprint density at radius 2 is 2.06 bits per heavy atom. The van der Waals surface area contributed by atoms with Crippen LogP contribution in [0.25, 0.3) is 0 Å². The molecular formula is C13H27NO3. The van der Waals surface area contributed by atoms with E-state index in [2.05, 4.69) is 19.2 Å². The van der Waals surface area contributed by atoms with Crippen molar-refractivity contribution in [2.75, 3.05) is 26.3 Å². The summed E-state index contributed by atoms with van der Waals surface area (Å²) in [5.74, 6) is 0.863. The minimum atomic E-state index is -0.452. The lowest BCUT2D eigenvalue weighted by Crippen LogP contribution is -2.35. The maximum Gasteiger partial charge on any atom is 0.0897 e. The van der Waals surface area contributed by atoms with Crippen LogP contribution in [0.1, 0.15) is 33.1 Å². The molecule has 3 atom stereocenters. The van der Waals surface area contributed by atoms with Crippen LogP contribution in [0, 0.1) is 11.8 Å². The molecule has 0 aliphatic heterocycles. The Hall–Kier alpha value is -0.160.